The van der Waals surface area contributed by atoms with Crippen LogP contribution in [0.4, 0.5) is 0 Å². The van der Waals surface area contributed by atoms with Crippen LogP contribution in [0.2, 0.25) is 0 Å². The molecule has 160 valence electrons. The Bertz CT molecular complexity index is 1040. The third-order valence-electron chi connectivity index (χ3n) is 5.71. The van der Waals surface area contributed by atoms with E-state index in [4.69, 9.17) is 4.42 Å². The summed E-state index contributed by atoms with van der Waals surface area (Å²) in [5.74, 6) is -0.657. The number of hydrogen-bond acceptors (Lipinski definition) is 5. The molecule has 2 aromatic rings. The predicted octanol–water partition coefficient (Wildman–Crippen LogP) is 0.522. The first-order valence-corrected chi connectivity index (χ1v) is 10.3. The van der Waals surface area contributed by atoms with Crippen LogP contribution in [0.5, 0.6) is 0 Å². The normalized spacial score (nSPS) is 20.1. The Balaban J connectivity index is 1.48. The van der Waals surface area contributed by atoms with Gasteiger partial charge in [-0.1, -0.05) is 26.0 Å². The number of hydrogen-bond donors (Lipinski definition) is 0. The molecule has 9 heteroatoms. The highest BCUT2D eigenvalue weighted by atomic mass is 16.4. The molecule has 3 heterocycles. The Kier molecular flexibility index (Phi) is 5.36. The van der Waals surface area contributed by atoms with Gasteiger partial charge < -0.3 is 19.1 Å². The quantitative estimate of drug-likeness (QED) is 0.727. The van der Waals surface area contributed by atoms with Crippen molar-refractivity contribution < 1.29 is 18.8 Å². The molecule has 30 heavy (non-hydrogen) atoms. The highest BCUT2D eigenvalue weighted by molar-refractivity contribution is 5.95. The van der Waals surface area contributed by atoms with Gasteiger partial charge in [0.1, 0.15) is 12.6 Å². The topological polar surface area (TPSA) is 96.1 Å². The average Bonchev–Trinajstić information content (AvgIpc) is 2.88. The van der Waals surface area contributed by atoms with Crippen LogP contribution in [-0.2, 0) is 20.9 Å². The molecule has 1 unspecified atom stereocenters. The zero-order valence-corrected chi connectivity index (χ0v) is 17.2. The second-order valence-corrected chi connectivity index (χ2v) is 8.31. The maximum absolute atomic E-state index is 12.9. The summed E-state index contributed by atoms with van der Waals surface area (Å²) in [6.45, 7) is 5.55. The van der Waals surface area contributed by atoms with Gasteiger partial charge >= 0.3 is 5.76 Å². The molecule has 0 aliphatic carbocycles. The number of oxazole rings is 1. The molecule has 0 saturated carbocycles. The molecule has 2 aliphatic heterocycles. The summed E-state index contributed by atoms with van der Waals surface area (Å²) in [4.78, 5) is 55.4. The summed E-state index contributed by atoms with van der Waals surface area (Å²) in [5, 5.41) is 0. The van der Waals surface area contributed by atoms with E-state index in [-0.39, 0.29) is 36.7 Å². The average molecular weight is 414 g/mol. The van der Waals surface area contributed by atoms with Crippen molar-refractivity contribution in [2.45, 2.75) is 32.9 Å². The van der Waals surface area contributed by atoms with Crippen LogP contribution in [0, 0.1) is 5.92 Å². The molecule has 2 aliphatic rings. The molecule has 0 spiro atoms. The van der Waals surface area contributed by atoms with Gasteiger partial charge in [-0.25, -0.2) is 4.79 Å². The van der Waals surface area contributed by atoms with Gasteiger partial charge in [-0.2, -0.15) is 0 Å². The van der Waals surface area contributed by atoms with E-state index in [1.807, 2.05) is 13.8 Å². The van der Waals surface area contributed by atoms with E-state index in [2.05, 4.69) is 0 Å². The monoisotopic (exact) mass is 414 g/mol. The largest absolute Gasteiger partial charge is 0.420 e. The number of carbonyl (C=O) groups is 3. The van der Waals surface area contributed by atoms with Gasteiger partial charge in [0, 0.05) is 26.2 Å². The van der Waals surface area contributed by atoms with Gasteiger partial charge in [-0.05, 0) is 24.5 Å². The third-order valence-corrected chi connectivity index (χ3v) is 5.71. The maximum Gasteiger partial charge on any atom is 0.420 e. The predicted molar refractivity (Wildman–Crippen MR) is 109 cm³/mol. The first kappa shape index (κ1) is 20.2. The minimum atomic E-state index is -0.577. The summed E-state index contributed by atoms with van der Waals surface area (Å²) in [7, 11) is 0. The fourth-order valence-electron chi connectivity index (χ4n) is 4.27. The SMILES string of the molecule is CC(C)CN1CC(=O)N2CCN(C(=O)Cn3c(=O)oc4ccccc43)CCC2C1=O. The summed E-state index contributed by atoms with van der Waals surface area (Å²) in [5.41, 5.74) is 1.00. The Morgan fingerprint density at radius 3 is 2.67 bits per heavy atom. The van der Waals surface area contributed by atoms with Crippen LogP contribution in [-0.4, -0.2) is 75.8 Å². The van der Waals surface area contributed by atoms with Crippen LogP contribution in [0.15, 0.2) is 33.5 Å². The molecular weight excluding hydrogens is 388 g/mol. The molecule has 9 nitrogen and oxygen atoms in total. The number of nitrogens with zero attached hydrogens (tertiary/aromatic N) is 4. The van der Waals surface area contributed by atoms with Gasteiger partial charge in [0.15, 0.2) is 5.58 Å². The smallest absolute Gasteiger partial charge is 0.408 e. The highest BCUT2D eigenvalue weighted by Crippen LogP contribution is 2.20. The molecule has 2 saturated heterocycles. The molecule has 2 fully saturated rings. The molecule has 0 radical (unpaired) electrons. The number of fused-ring (bicyclic) bond motifs is 2. The van der Waals surface area contributed by atoms with Crippen LogP contribution < -0.4 is 5.76 Å². The van der Waals surface area contributed by atoms with Gasteiger partial charge in [0.05, 0.1) is 12.1 Å². The number of benzene rings is 1. The number of aromatic nitrogens is 1. The van der Waals surface area contributed by atoms with Gasteiger partial charge in [-0.15, -0.1) is 0 Å². The second-order valence-electron chi connectivity index (χ2n) is 8.31. The van der Waals surface area contributed by atoms with E-state index in [0.717, 1.165) is 0 Å². The minimum Gasteiger partial charge on any atom is -0.408 e. The highest BCUT2D eigenvalue weighted by Gasteiger charge is 2.41. The zero-order valence-electron chi connectivity index (χ0n) is 17.2. The number of piperazine rings is 1. The summed E-state index contributed by atoms with van der Waals surface area (Å²) < 4.78 is 6.51. The molecule has 0 bridgehead atoms. The summed E-state index contributed by atoms with van der Waals surface area (Å²) >= 11 is 0. The molecule has 0 N–H and O–H groups in total. The number of rotatable bonds is 4. The molecule has 3 amide bonds. The minimum absolute atomic E-state index is 0.0466. The van der Waals surface area contributed by atoms with Crippen molar-refractivity contribution in [3.63, 3.8) is 0 Å². The van der Waals surface area contributed by atoms with Crippen molar-refractivity contribution in [3.05, 3.63) is 34.8 Å². The van der Waals surface area contributed by atoms with E-state index in [1.54, 1.807) is 39.0 Å². The van der Waals surface area contributed by atoms with E-state index < -0.39 is 11.8 Å². The third kappa shape index (κ3) is 3.71. The standard InChI is InChI=1S/C21H26N4O5/c1-14(2)11-23-12-19(27)24-10-9-22(8-7-16(24)20(23)28)18(26)13-25-15-5-3-4-6-17(15)30-21(25)29/h3-6,14,16H,7-13H2,1-2H3. The zero-order chi connectivity index (χ0) is 21.4. The van der Waals surface area contributed by atoms with Crippen LogP contribution in [0.25, 0.3) is 11.1 Å². The van der Waals surface area contributed by atoms with Crippen molar-refractivity contribution in [2.75, 3.05) is 32.7 Å². The Labute approximate surface area is 173 Å². The lowest BCUT2D eigenvalue weighted by Crippen LogP contribution is -2.60. The molecule has 1 aromatic carbocycles. The van der Waals surface area contributed by atoms with Crippen molar-refractivity contribution in [1.29, 1.82) is 0 Å². The van der Waals surface area contributed by atoms with Crippen molar-refractivity contribution in [3.8, 4) is 0 Å². The van der Waals surface area contributed by atoms with Crippen LogP contribution in [0.3, 0.4) is 0 Å². The van der Waals surface area contributed by atoms with Crippen molar-refractivity contribution >= 4 is 28.8 Å². The van der Waals surface area contributed by atoms with Crippen LogP contribution in [0.1, 0.15) is 20.3 Å². The van der Waals surface area contributed by atoms with Gasteiger partial charge in [0.25, 0.3) is 0 Å². The molecule has 4 rings (SSSR count). The Hall–Kier alpha value is -3.10. The van der Waals surface area contributed by atoms with E-state index in [1.165, 1.54) is 4.57 Å². The maximum atomic E-state index is 12.9. The molecular formula is C21H26N4O5. The summed E-state index contributed by atoms with van der Waals surface area (Å²) in [6, 6.07) is 6.43. The number of para-hydroxylation sites is 2. The lowest BCUT2D eigenvalue weighted by atomic mass is 10.1. The molecule has 1 aromatic heterocycles. The van der Waals surface area contributed by atoms with Crippen molar-refractivity contribution in [2.24, 2.45) is 5.92 Å². The van der Waals surface area contributed by atoms with Crippen LogP contribution >= 0.6 is 0 Å². The van der Waals surface area contributed by atoms with E-state index in [0.29, 0.717) is 43.7 Å². The first-order valence-electron chi connectivity index (χ1n) is 10.3. The Morgan fingerprint density at radius 1 is 1.13 bits per heavy atom. The molecule has 1 atom stereocenters. The fourth-order valence-corrected chi connectivity index (χ4v) is 4.27. The van der Waals surface area contributed by atoms with Gasteiger partial charge in [0.2, 0.25) is 17.7 Å². The van der Waals surface area contributed by atoms with E-state index in [9.17, 15) is 19.2 Å². The number of carbonyl (C=O) groups excluding carboxylic acids is 3. The van der Waals surface area contributed by atoms with Gasteiger partial charge in [-0.3, -0.25) is 19.0 Å². The fraction of sp³-hybridized carbons (Fsp3) is 0.524. The lowest BCUT2D eigenvalue weighted by molar-refractivity contribution is -0.156. The first-order chi connectivity index (χ1) is 14.3. The van der Waals surface area contributed by atoms with Crippen molar-refractivity contribution in [1.82, 2.24) is 19.3 Å². The van der Waals surface area contributed by atoms with E-state index >= 15 is 0 Å². The number of amides is 3. The second kappa shape index (κ2) is 7.97. The lowest BCUT2D eigenvalue weighted by Gasteiger charge is -2.39. The summed E-state index contributed by atoms with van der Waals surface area (Å²) in [6.07, 6.45) is 0.395. The Morgan fingerprint density at radius 2 is 1.90 bits per heavy atom.